The molecule has 0 aliphatic heterocycles. The highest BCUT2D eigenvalue weighted by atomic mass is 31.2. The third-order valence-electron chi connectivity index (χ3n) is 3.16. The van der Waals surface area contributed by atoms with Crippen molar-refractivity contribution in [1.29, 1.82) is 0 Å². The van der Waals surface area contributed by atoms with Gasteiger partial charge in [0.05, 0.1) is 5.56 Å². The maximum absolute atomic E-state index is 12.5. The van der Waals surface area contributed by atoms with E-state index in [-0.39, 0.29) is 18.0 Å². The first-order chi connectivity index (χ1) is 12.8. The molecule has 2 amide bonds. The van der Waals surface area contributed by atoms with Crippen molar-refractivity contribution in [2.45, 2.75) is 32.5 Å². The zero-order valence-corrected chi connectivity index (χ0v) is 15.8. The smallest absolute Gasteiger partial charge is 0.436 e. The van der Waals surface area contributed by atoms with E-state index >= 15 is 0 Å². The third kappa shape index (κ3) is 9.18. The summed E-state index contributed by atoms with van der Waals surface area (Å²) in [7, 11) is -4.78. The van der Waals surface area contributed by atoms with E-state index in [1.807, 2.05) is 0 Å². The molecule has 0 bridgehead atoms. The molecule has 1 aromatic rings. The van der Waals surface area contributed by atoms with Crippen molar-refractivity contribution in [3.8, 4) is 0 Å². The van der Waals surface area contributed by atoms with E-state index in [4.69, 9.17) is 14.5 Å². The average molecular weight is 428 g/mol. The van der Waals surface area contributed by atoms with Gasteiger partial charge in [-0.3, -0.25) is 14.6 Å². The number of hydrogen-bond acceptors (Lipinski definition) is 5. The summed E-state index contributed by atoms with van der Waals surface area (Å²) in [6.45, 7) is 2.68. The second-order valence-corrected chi connectivity index (χ2v) is 7.27. The summed E-state index contributed by atoms with van der Waals surface area (Å²) < 4.78 is 57.2. The minimum atomic E-state index is -4.78. The van der Waals surface area contributed by atoms with Crippen molar-refractivity contribution >= 4 is 25.5 Å². The van der Waals surface area contributed by atoms with Crippen LogP contribution in [0.4, 0.5) is 23.7 Å². The molecule has 4 N–H and O–H groups in total. The molecule has 0 radical (unpaired) electrons. The van der Waals surface area contributed by atoms with E-state index in [0.29, 0.717) is 0 Å². The second kappa shape index (κ2) is 9.87. The third-order valence-corrected chi connectivity index (χ3v) is 3.63. The molecule has 1 aromatic carbocycles. The number of benzene rings is 1. The van der Waals surface area contributed by atoms with E-state index in [1.165, 1.54) is 0 Å². The van der Waals surface area contributed by atoms with Crippen LogP contribution in [0.3, 0.4) is 0 Å². The molecule has 158 valence electrons. The number of alkyl halides is 3. The van der Waals surface area contributed by atoms with Gasteiger partial charge in [-0.2, -0.15) is 13.2 Å². The Hall–Kier alpha value is -2.14. The van der Waals surface area contributed by atoms with Crippen LogP contribution < -0.4 is 10.6 Å². The van der Waals surface area contributed by atoms with Crippen molar-refractivity contribution in [3.63, 3.8) is 0 Å². The topological polar surface area (TPSA) is 134 Å². The summed E-state index contributed by atoms with van der Waals surface area (Å²) in [5.41, 5.74) is -0.875. The first kappa shape index (κ1) is 23.9. The zero-order chi connectivity index (χ0) is 21.5. The van der Waals surface area contributed by atoms with E-state index in [9.17, 15) is 27.3 Å². The molecule has 1 rings (SSSR count). The lowest BCUT2D eigenvalue weighted by Gasteiger charge is -2.19. The SMILES string of the molecule is CC(C)CC(OC(=O)Nc1ccc(C(F)(F)F)cc1)C(=O)NCOP(=O)(O)O. The molecular weight excluding hydrogens is 408 g/mol. The summed E-state index contributed by atoms with van der Waals surface area (Å²) in [4.78, 5) is 41.1. The summed E-state index contributed by atoms with van der Waals surface area (Å²) in [5, 5.41) is 4.25. The lowest BCUT2D eigenvalue weighted by atomic mass is 10.1. The molecule has 0 aromatic heterocycles. The molecule has 0 saturated heterocycles. The molecule has 0 aliphatic rings. The Labute approximate surface area is 158 Å². The number of halogens is 3. The minimum Gasteiger partial charge on any atom is -0.436 e. The van der Waals surface area contributed by atoms with Gasteiger partial charge in [0.1, 0.15) is 6.73 Å². The van der Waals surface area contributed by atoms with Crippen LogP contribution in [-0.4, -0.2) is 34.6 Å². The van der Waals surface area contributed by atoms with Crippen molar-refractivity contribution in [2.75, 3.05) is 12.0 Å². The number of phosphoric acid groups is 1. The first-order valence-electron chi connectivity index (χ1n) is 7.90. The van der Waals surface area contributed by atoms with Crippen molar-refractivity contribution in [3.05, 3.63) is 29.8 Å². The average Bonchev–Trinajstić information content (AvgIpc) is 2.52. The maximum atomic E-state index is 12.5. The molecule has 0 spiro atoms. The first-order valence-corrected chi connectivity index (χ1v) is 9.43. The standard InChI is InChI=1S/C15H20F3N2O7P/c1-9(2)7-12(13(21)19-8-26-28(23,24)25)27-14(22)20-11-5-3-10(4-6-11)15(16,17)18/h3-6,9,12H,7-8H2,1-2H3,(H,19,21)(H,20,22)(H2,23,24,25). The fourth-order valence-electron chi connectivity index (χ4n) is 1.96. The Morgan fingerprint density at radius 2 is 1.75 bits per heavy atom. The molecule has 1 atom stereocenters. The number of ether oxygens (including phenoxy) is 1. The fraction of sp³-hybridized carbons (Fsp3) is 0.467. The number of hydrogen-bond donors (Lipinski definition) is 4. The Morgan fingerprint density at radius 3 is 2.21 bits per heavy atom. The number of carbonyl (C=O) groups is 2. The summed E-state index contributed by atoms with van der Waals surface area (Å²) >= 11 is 0. The van der Waals surface area contributed by atoms with Crippen LogP contribution in [-0.2, 0) is 24.8 Å². The highest BCUT2D eigenvalue weighted by molar-refractivity contribution is 7.46. The molecule has 0 saturated carbocycles. The van der Waals surface area contributed by atoms with Crippen LogP contribution in [0.2, 0.25) is 0 Å². The van der Waals surface area contributed by atoms with Gasteiger partial charge in [0.2, 0.25) is 0 Å². The molecular formula is C15H20F3N2O7P. The normalized spacial score (nSPS) is 13.1. The van der Waals surface area contributed by atoms with Gasteiger partial charge in [-0.1, -0.05) is 13.8 Å². The van der Waals surface area contributed by atoms with Crippen molar-refractivity contribution in [2.24, 2.45) is 5.92 Å². The summed E-state index contributed by atoms with van der Waals surface area (Å²) in [6.07, 6.45) is -6.83. The number of phosphoric ester groups is 1. The number of rotatable bonds is 8. The van der Waals surface area contributed by atoms with E-state index in [2.05, 4.69) is 15.2 Å². The van der Waals surface area contributed by atoms with Gasteiger partial charge in [-0.05, 0) is 36.6 Å². The van der Waals surface area contributed by atoms with Gasteiger partial charge in [0, 0.05) is 5.69 Å². The van der Waals surface area contributed by atoms with Crippen LogP contribution >= 0.6 is 7.82 Å². The molecule has 13 heteroatoms. The van der Waals surface area contributed by atoms with Gasteiger partial charge in [0.15, 0.2) is 6.10 Å². The molecule has 9 nitrogen and oxygen atoms in total. The van der Waals surface area contributed by atoms with Crippen molar-refractivity contribution < 1.29 is 46.4 Å². The van der Waals surface area contributed by atoms with Gasteiger partial charge >= 0.3 is 20.1 Å². The number of anilines is 1. The van der Waals surface area contributed by atoms with Crippen molar-refractivity contribution in [1.82, 2.24) is 5.32 Å². The number of carbonyl (C=O) groups excluding carboxylic acids is 2. The van der Waals surface area contributed by atoms with Crippen LogP contribution in [0.15, 0.2) is 24.3 Å². The Morgan fingerprint density at radius 1 is 1.18 bits per heavy atom. The van der Waals surface area contributed by atoms with Gasteiger partial charge in [-0.25, -0.2) is 9.36 Å². The maximum Gasteiger partial charge on any atom is 0.471 e. The van der Waals surface area contributed by atoms with E-state index in [0.717, 1.165) is 24.3 Å². The Bertz CT molecular complexity index is 719. The fourth-order valence-corrected chi connectivity index (χ4v) is 2.19. The van der Waals surface area contributed by atoms with Gasteiger partial charge in [0.25, 0.3) is 5.91 Å². The Kier molecular flexibility index (Phi) is 8.43. The van der Waals surface area contributed by atoms with Crippen LogP contribution in [0.1, 0.15) is 25.8 Å². The van der Waals surface area contributed by atoms with Crippen LogP contribution in [0.25, 0.3) is 0 Å². The van der Waals surface area contributed by atoms with Gasteiger partial charge in [-0.15, -0.1) is 0 Å². The summed E-state index contributed by atoms with van der Waals surface area (Å²) in [6, 6.07) is 3.59. The number of nitrogens with one attached hydrogen (secondary N) is 2. The molecule has 0 heterocycles. The highest BCUT2D eigenvalue weighted by Crippen LogP contribution is 2.34. The molecule has 1 unspecified atom stereocenters. The monoisotopic (exact) mass is 428 g/mol. The highest BCUT2D eigenvalue weighted by Gasteiger charge is 2.30. The van der Waals surface area contributed by atoms with Crippen LogP contribution in [0, 0.1) is 5.92 Å². The zero-order valence-electron chi connectivity index (χ0n) is 14.9. The quantitative estimate of drug-likeness (QED) is 0.370. The number of amides is 2. The van der Waals surface area contributed by atoms with Gasteiger partial charge < -0.3 is 19.8 Å². The lowest BCUT2D eigenvalue weighted by molar-refractivity contribution is -0.137. The lowest BCUT2D eigenvalue weighted by Crippen LogP contribution is -2.40. The molecule has 28 heavy (non-hydrogen) atoms. The second-order valence-electron chi connectivity index (χ2n) is 6.03. The predicted molar refractivity (Wildman–Crippen MR) is 90.9 cm³/mol. The molecule has 0 fully saturated rings. The van der Waals surface area contributed by atoms with E-state index in [1.54, 1.807) is 13.8 Å². The largest absolute Gasteiger partial charge is 0.471 e. The summed E-state index contributed by atoms with van der Waals surface area (Å²) in [5.74, 6) is -0.943. The van der Waals surface area contributed by atoms with E-state index < -0.39 is 44.4 Å². The van der Waals surface area contributed by atoms with Crippen LogP contribution in [0.5, 0.6) is 0 Å². The predicted octanol–water partition coefficient (Wildman–Crippen LogP) is 2.85. The Balaban J connectivity index is 2.68. The molecule has 0 aliphatic carbocycles. The minimum absolute atomic E-state index is 0.0199.